The molecule has 1 aliphatic heterocycles. The van der Waals surface area contributed by atoms with Gasteiger partial charge >= 0.3 is 0 Å². The van der Waals surface area contributed by atoms with Gasteiger partial charge < -0.3 is 4.74 Å². The maximum absolute atomic E-state index is 6.79. The molecule has 0 radical (unpaired) electrons. The first-order chi connectivity index (χ1) is 26.8. The van der Waals surface area contributed by atoms with Crippen molar-refractivity contribution in [3.05, 3.63) is 210 Å². The molecule has 54 heavy (non-hydrogen) atoms. The minimum absolute atomic E-state index is 0.383. The van der Waals surface area contributed by atoms with Gasteiger partial charge in [0.15, 0.2) is 5.82 Å². The van der Waals surface area contributed by atoms with E-state index < -0.39 is 0 Å². The second-order valence-electron chi connectivity index (χ2n) is 14.4. The first kappa shape index (κ1) is 30.8. The van der Waals surface area contributed by atoms with Crippen molar-refractivity contribution in [1.82, 2.24) is 9.97 Å². The van der Waals surface area contributed by atoms with Gasteiger partial charge in [-0.3, -0.25) is 0 Å². The topological polar surface area (TPSA) is 35.0 Å². The smallest absolute Gasteiger partial charge is 0.160 e. The molecule has 11 rings (SSSR count). The molecule has 0 fully saturated rings. The van der Waals surface area contributed by atoms with Crippen LogP contribution in [-0.2, 0) is 5.41 Å². The monoisotopic (exact) mass is 690 g/mol. The Kier molecular flexibility index (Phi) is 6.90. The van der Waals surface area contributed by atoms with Crippen LogP contribution in [-0.4, -0.2) is 9.97 Å². The number of hydrogen-bond acceptors (Lipinski definition) is 3. The van der Waals surface area contributed by atoms with Crippen LogP contribution in [0.25, 0.3) is 61.4 Å². The Hall–Kier alpha value is -6.84. The van der Waals surface area contributed by atoms with Gasteiger partial charge in [-0.15, -0.1) is 0 Å². The number of aromatic nitrogens is 2. The van der Waals surface area contributed by atoms with E-state index in [0.717, 1.165) is 63.5 Å². The average molecular weight is 691 g/mol. The molecule has 3 aliphatic rings. The highest BCUT2D eigenvalue weighted by Crippen LogP contribution is 2.63. The standard InChI is InChI=1S/C51H34N2O/c1-2-14-35(15-3-1)46-32-47(41-20-12-16-34-13-4-5-17-38(34)41)53-50(52-46)36-27-25-33(26-28-36)37-29-30-45-49(31-37)54-48-24-11-10-23-44(48)51(45)42-21-8-6-18-39(42)40-19-7-9-22-43(40)51/h1-8,10-21,23-32H,9,22H2. The van der Waals surface area contributed by atoms with Crippen molar-refractivity contribution in [3.8, 4) is 56.5 Å². The van der Waals surface area contributed by atoms with Crippen LogP contribution in [0.1, 0.15) is 35.1 Å². The lowest BCUT2D eigenvalue weighted by Crippen LogP contribution is -2.33. The van der Waals surface area contributed by atoms with Crippen molar-refractivity contribution >= 4 is 16.3 Å². The van der Waals surface area contributed by atoms with Crippen molar-refractivity contribution in [3.63, 3.8) is 0 Å². The van der Waals surface area contributed by atoms with E-state index >= 15 is 0 Å². The number of para-hydroxylation sites is 1. The summed E-state index contributed by atoms with van der Waals surface area (Å²) in [6.07, 6.45) is 6.72. The van der Waals surface area contributed by atoms with E-state index in [0.29, 0.717) is 5.82 Å². The van der Waals surface area contributed by atoms with Crippen LogP contribution >= 0.6 is 0 Å². The number of benzene rings is 7. The summed E-state index contributed by atoms with van der Waals surface area (Å²) in [5.41, 5.74) is 14.7. The summed E-state index contributed by atoms with van der Waals surface area (Å²) < 4.78 is 6.79. The third kappa shape index (κ3) is 4.61. The molecule has 0 saturated carbocycles. The SMILES string of the molecule is C1=CC2=C(CC1)C1(c3ccccc3Oc3cc(-c4ccc(-c5nc(-c6ccccc6)cc(-c6cccc7ccccc67)n5)cc4)ccc31)c1ccccc12. The summed E-state index contributed by atoms with van der Waals surface area (Å²) >= 11 is 0. The normalized spacial score (nSPS) is 16.4. The molecule has 3 nitrogen and oxygen atoms in total. The van der Waals surface area contributed by atoms with E-state index in [1.54, 1.807) is 0 Å². The highest BCUT2D eigenvalue weighted by atomic mass is 16.5. The Morgan fingerprint density at radius 1 is 0.481 bits per heavy atom. The minimum Gasteiger partial charge on any atom is -0.457 e. The minimum atomic E-state index is -0.383. The van der Waals surface area contributed by atoms with E-state index in [1.807, 2.05) is 6.07 Å². The maximum Gasteiger partial charge on any atom is 0.160 e. The number of allylic oxidation sites excluding steroid dienone is 4. The van der Waals surface area contributed by atoms with Crippen LogP contribution in [0.5, 0.6) is 11.5 Å². The lowest BCUT2D eigenvalue weighted by atomic mass is 9.64. The summed E-state index contributed by atoms with van der Waals surface area (Å²) in [6.45, 7) is 0. The van der Waals surface area contributed by atoms with Crippen LogP contribution in [0.4, 0.5) is 0 Å². The number of nitrogens with zero attached hydrogens (tertiary/aromatic N) is 2. The van der Waals surface area contributed by atoms with Gasteiger partial charge in [-0.05, 0) is 75.2 Å². The third-order valence-corrected chi connectivity index (χ3v) is 11.5. The Balaban J connectivity index is 1.02. The van der Waals surface area contributed by atoms with Gasteiger partial charge in [0, 0.05) is 27.8 Å². The molecule has 0 bridgehead atoms. The summed E-state index contributed by atoms with van der Waals surface area (Å²) in [4.78, 5) is 10.3. The third-order valence-electron chi connectivity index (χ3n) is 11.5. The molecule has 8 aromatic rings. The molecule has 1 unspecified atom stereocenters. The molecule has 1 atom stereocenters. The van der Waals surface area contributed by atoms with Gasteiger partial charge in [-0.25, -0.2) is 9.97 Å². The first-order valence-corrected chi connectivity index (χ1v) is 18.7. The fourth-order valence-corrected chi connectivity index (χ4v) is 9.09. The highest BCUT2D eigenvalue weighted by molar-refractivity contribution is 5.97. The van der Waals surface area contributed by atoms with Crippen molar-refractivity contribution < 1.29 is 4.74 Å². The zero-order valence-corrected chi connectivity index (χ0v) is 29.5. The molecule has 254 valence electrons. The van der Waals surface area contributed by atoms with E-state index in [2.05, 4.69) is 176 Å². The van der Waals surface area contributed by atoms with Gasteiger partial charge in [-0.1, -0.05) is 164 Å². The second kappa shape index (κ2) is 12.1. The summed E-state index contributed by atoms with van der Waals surface area (Å²) in [5, 5.41) is 2.36. The number of hydrogen-bond donors (Lipinski definition) is 0. The Bertz CT molecular complexity index is 2840. The molecule has 7 aromatic carbocycles. The maximum atomic E-state index is 6.79. The lowest BCUT2D eigenvalue weighted by Gasteiger charge is -2.41. The molecule has 2 aliphatic carbocycles. The van der Waals surface area contributed by atoms with E-state index in [4.69, 9.17) is 14.7 Å². The largest absolute Gasteiger partial charge is 0.457 e. The zero-order chi connectivity index (χ0) is 35.6. The molecule has 3 heteroatoms. The second-order valence-corrected chi connectivity index (χ2v) is 14.4. The molecular weight excluding hydrogens is 657 g/mol. The molecule has 1 aromatic heterocycles. The number of rotatable bonds is 4. The van der Waals surface area contributed by atoms with Gasteiger partial charge in [0.05, 0.1) is 16.8 Å². The van der Waals surface area contributed by atoms with Crippen molar-refractivity contribution in [1.29, 1.82) is 0 Å². The van der Waals surface area contributed by atoms with Crippen molar-refractivity contribution in [2.24, 2.45) is 0 Å². The Morgan fingerprint density at radius 2 is 1.17 bits per heavy atom. The number of fused-ring (bicyclic) bond motifs is 9. The Labute approximate surface area is 314 Å². The van der Waals surface area contributed by atoms with E-state index in [9.17, 15) is 0 Å². The van der Waals surface area contributed by atoms with Gasteiger partial charge in [0.25, 0.3) is 0 Å². The van der Waals surface area contributed by atoms with E-state index in [-0.39, 0.29) is 5.41 Å². The summed E-state index contributed by atoms with van der Waals surface area (Å²) in [6, 6.07) is 60.4. The van der Waals surface area contributed by atoms with Gasteiger partial charge in [0.2, 0.25) is 0 Å². The molecule has 2 heterocycles. The van der Waals surface area contributed by atoms with Crippen LogP contribution in [0, 0.1) is 0 Å². The fraction of sp³-hybridized carbons (Fsp3) is 0.0588. The van der Waals surface area contributed by atoms with Crippen LogP contribution < -0.4 is 4.74 Å². The number of ether oxygens (including phenoxy) is 1. The first-order valence-electron chi connectivity index (χ1n) is 18.7. The molecule has 0 amide bonds. The average Bonchev–Trinajstić information content (AvgIpc) is 3.54. The van der Waals surface area contributed by atoms with Crippen LogP contribution in [0.3, 0.4) is 0 Å². The zero-order valence-electron chi connectivity index (χ0n) is 29.5. The van der Waals surface area contributed by atoms with Gasteiger partial charge in [0.1, 0.15) is 11.5 Å². The summed E-state index contributed by atoms with van der Waals surface area (Å²) in [5.74, 6) is 2.53. The molecular formula is C51H34N2O. The van der Waals surface area contributed by atoms with Crippen LogP contribution in [0.15, 0.2) is 188 Å². The highest BCUT2D eigenvalue weighted by Gasteiger charge is 2.51. The van der Waals surface area contributed by atoms with Gasteiger partial charge in [-0.2, -0.15) is 0 Å². The predicted octanol–water partition coefficient (Wildman–Crippen LogP) is 12.9. The van der Waals surface area contributed by atoms with Crippen LogP contribution in [0.2, 0.25) is 0 Å². The predicted molar refractivity (Wildman–Crippen MR) is 219 cm³/mol. The van der Waals surface area contributed by atoms with Crippen molar-refractivity contribution in [2.45, 2.75) is 18.3 Å². The van der Waals surface area contributed by atoms with Crippen molar-refractivity contribution in [2.75, 3.05) is 0 Å². The van der Waals surface area contributed by atoms with E-state index in [1.165, 1.54) is 44.2 Å². The lowest BCUT2D eigenvalue weighted by molar-refractivity contribution is 0.432. The molecule has 0 N–H and O–H groups in total. The molecule has 1 spiro atoms. The fourth-order valence-electron chi connectivity index (χ4n) is 9.09. The summed E-state index contributed by atoms with van der Waals surface area (Å²) in [7, 11) is 0. The molecule has 0 saturated heterocycles. The quantitative estimate of drug-likeness (QED) is 0.184. The Morgan fingerprint density at radius 3 is 2.07 bits per heavy atom.